The Labute approximate surface area is 157 Å². The zero-order chi connectivity index (χ0) is 18.9. The highest BCUT2D eigenvalue weighted by atomic mass is 35.5. The number of halogens is 1. The molecule has 2 aromatic rings. The summed E-state index contributed by atoms with van der Waals surface area (Å²) in [4.78, 5) is 18.1. The van der Waals surface area contributed by atoms with Gasteiger partial charge in [0.25, 0.3) is 0 Å². The van der Waals surface area contributed by atoms with Crippen LogP contribution in [0.1, 0.15) is 27.2 Å². The van der Waals surface area contributed by atoms with E-state index in [-0.39, 0.29) is 12.1 Å². The van der Waals surface area contributed by atoms with Crippen LogP contribution in [0.3, 0.4) is 0 Å². The van der Waals surface area contributed by atoms with Crippen molar-refractivity contribution < 1.29 is 14.3 Å². The molecule has 2 aromatic heterocycles. The van der Waals surface area contributed by atoms with E-state index in [1.807, 2.05) is 31.6 Å². The van der Waals surface area contributed by atoms with Crippen molar-refractivity contribution in [3.8, 4) is 16.9 Å². The van der Waals surface area contributed by atoms with Crippen molar-refractivity contribution in [2.24, 2.45) is 0 Å². The van der Waals surface area contributed by atoms with Crippen LogP contribution in [0.15, 0.2) is 24.7 Å². The molecule has 0 saturated carbocycles. The standard InChI is InChI=1S/C18H23ClN4O3/c1-18(2,3)26-17(24)23-6-5-13(23)11-22-10-12(8-21-22)14-9-20-16(19)7-15(14)25-4/h7-10,13H,5-6,11H2,1-4H3. The van der Waals surface area contributed by atoms with Crippen LogP contribution in [0, 0.1) is 0 Å². The molecule has 0 aromatic carbocycles. The normalized spacial score (nSPS) is 17.0. The molecule has 1 amide bonds. The minimum Gasteiger partial charge on any atom is -0.496 e. The minimum atomic E-state index is -0.492. The molecule has 3 rings (SSSR count). The number of ether oxygens (including phenoxy) is 2. The second kappa shape index (κ2) is 7.15. The lowest BCUT2D eigenvalue weighted by atomic mass is 10.0. The van der Waals surface area contributed by atoms with E-state index in [4.69, 9.17) is 21.1 Å². The molecule has 1 aliphatic heterocycles. The van der Waals surface area contributed by atoms with Crippen LogP contribution in [0.25, 0.3) is 11.1 Å². The number of carbonyl (C=O) groups excluding carboxylic acids is 1. The van der Waals surface area contributed by atoms with Crippen molar-refractivity contribution in [3.63, 3.8) is 0 Å². The van der Waals surface area contributed by atoms with E-state index in [1.165, 1.54) is 0 Å². The smallest absolute Gasteiger partial charge is 0.410 e. The van der Waals surface area contributed by atoms with Crippen molar-refractivity contribution in [3.05, 3.63) is 29.8 Å². The third-order valence-corrected chi connectivity index (χ3v) is 4.37. The van der Waals surface area contributed by atoms with Gasteiger partial charge in [-0.3, -0.25) is 4.68 Å². The van der Waals surface area contributed by atoms with Crippen molar-refractivity contribution >= 4 is 17.7 Å². The molecule has 1 unspecified atom stereocenters. The maximum absolute atomic E-state index is 12.2. The Hall–Kier alpha value is -2.28. The average molecular weight is 379 g/mol. The number of aromatic nitrogens is 3. The average Bonchev–Trinajstić information content (AvgIpc) is 2.98. The lowest BCUT2D eigenvalue weighted by Crippen LogP contribution is -2.54. The highest BCUT2D eigenvalue weighted by molar-refractivity contribution is 6.29. The molecule has 3 heterocycles. The molecule has 1 saturated heterocycles. The van der Waals surface area contributed by atoms with Gasteiger partial charge in [-0.2, -0.15) is 5.10 Å². The highest BCUT2D eigenvalue weighted by Gasteiger charge is 2.35. The van der Waals surface area contributed by atoms with Crippen LogP contribution in [-0.2, 0) is 11.3 Å². The summed E-state index contributed by atoms with van der Waals surface area (Å²) in [5, 5.41) is 4.78. The molecular formula is C18H23ClN4O3. The largest absolute Gasteiger partial charge is 0.496 e. The predicted molar refractivity (Wildman–Crippen MR) is 98.4 cm³/mol. The molecule has 0 aliphatic carbocycles. The monoisotopic (exact) mass is 378 g/mol. The Morgan fingerprint density at radius 1 is 1.38 bits per heavy atom. The van der Waals surface area contributed by atoms with Crippen molar-refractivity contribution in [2.75, 3.05) is 13.7 Å². The number of amides is 1. The number of carbonyl (C=O) groups is 1. The summed E-state index contributed by atoms with van der Waals surface area (Å²) in [6.07, 6.45) is 5.99. The molecule has 1 atom stereocenters. The summed E-state index contributed by atoms with van der Waals surface area (Å²) in [5.41, 5.74) is 1.21. The summed E-state index contributed by atoms with van der Waals surface area (Å²) in [5.74, 6) is 0.642. The zero-order valence-electron chi connectivity index (χ0n) is 15.4. The molecule has 26 heavy (non-hydrogen) atoms. The second-order valence-electron chi connectivity index (χ2n) is 7.27. The summed E-state index contributed by atoms with van der Waals surface area (Å²) >= 11 is 5.91. The van der Waals surface area contributed by atoms with Gasteiger partial charge in [-0.15, -0.1) is 0 Å². The number of likely N-dealkylation sites (tertiary alicyclic amines) is 1. The number of rotatable bonds is 4. The van der Waals surface area contributed by atoms with Crippen molar-refractivity contribution in [1.82, 2.24) is 19.7 Å². The van der Waals surface area contributed by atoms with Gasteiger partial charge in [0.2, 0.25) is 0 Å². The van der Waals surface area contributed by atoms with Gasteiger partial charge < -0.3 is 14.4 Å². The maximum Gasteiger partial charge on any atom is 0.410 e. The summed E-state index contributed by atoms with van der Waals surface area (Å²) in [7, 11) is 1.59. The van der Waals surface area contributed by atoms with Gasteiger partial charge in [-0.25, -0.2) is 9.78 Å². The topological polar surface area (TPSA) is 69.5 Å². The van der Waals surface area contributed by atoms with E-state index in [0.29, 0.717) is 24.0 Å². The number of methoxy groups -OCH3 is 1. The number of hydrogen-bond acceptors (Lipinski definition) is 5. The Bertz CT molecular complexity index is 800. The van der Waals surface area contributed by atoms with Crippen molar-refractivity contribution in [1.29, 1.82) is 0 Å². The predicted octanol–water partition coefficient (Wildman–Crippen LogP) is 3.62. The number of nitrogens with zero attached hydrogens (tertiary/aromatic N) is 4. The molecule has 140 valence electrons. The molecule has 0 radical (unpaired) electrons. The van der Waals surface area contributed by atoms with Gasteiger partial charge in [-0.1, -0.05) is 11.6 Å². The van der Waals surface area contributed by atoms with Gasteiger partial charge in [-0.05, 0) is 27.2 Å². The first-order chi connectivity index (χ1) is 12.3. The first-order valence-electron chi connectivity index (χ1n) is 8.49. The second-order valence-corrected chi connectivity index (χ2v) is 7.66. The lowest BCUT2D eigenvalue weighted by Gasteiger charge is -2.41. The molecule has 0 bridgehead atoms. The van der Waals surface area contributed by atoms with Gasteiger partial charge in [0.15, 0.2) is 0 Å². The Kier molecular flexibility index (Phi) is 5.09. The van der Waals surface area contributed by atoms with E-state index in [0.717, 1.165) is 17.5 Å². The fourth-order valence-corrected chi connectivity index (χ4v) is 2.96. The molecule has 7 nitrogen and oxygen atoms in total. The van der Waals surface area contributed by atoms with Crippen LogP contribution >= 0.6 is 11.6 Å². The van der Waals surface area contributed by atoms with E-state index in [1.54, 1.807) is 30.5 Å². The van der Waals surface area contributed by atoms with E-state index >= 15 is 0 Å². The Morgan fingerprint density at radius 2 is 2.15 bits per heavy atom. The first kappa shape index (κ1) is 18.5. The molecule has 1 aliphatic rings. The van der Waals surface area contributed by atoms with Crippen LogP contribution in [0.5, 0.6) is 5.75 Å². The van der Waals surface area contributed by atoms with E-state index < -0.39 is 5.60 Å². The fourth-order valence-electron chi connectivity index (χ4n) is 2.81. The summed E-state index contributed by atoms with van der Waals surface area (Å²) in [6.45, 7) is 6.93. The van der Waals surface area contributed by atoms with Gasteiger partial charge >= 0.3 is 6.09 Å². The van der Waals surface area contributed by atoms with E-state index in [9.17, 15) is 4.79 Å². The van der Waals surface area contributed by atoms with Crippen LogP contribution in [-0.4, -0.2) is 51.1 Å². The Balaban J connectivity index is 1.69. The highest BCUT2D eigenvalue weighted by Crippen LogP contribution is 2.31. The minimum absolute atomic E-state index is 0.0860. The number of hydrogen-bond donors (Lipinski definition) is 0. The third-order valence-electron chi connectivity index (χ3n) is 4.17. The molecule has 8 heteroatoms. The fraction of sp³-hybridized carbons (Fsp3) is 0.500. The van der Waals surface area contributed by atoms with Crippen LogP contribution in [0.4, 0.5) is 4.79 Å². The maximum atomic E-state index is 12.2. The molecule has 1 fully saturated rings. The van der Waals surface area contributed by atoms with Crippen LogP contribution in [0.2, 0.25) is 5.15 Å². The molecule has 0 spiro atoms. The molecular weight excluding hydrogens is 356 g/mol. The first-order valence-corrected chi connectivity index (χ1v) is 8.86. The lowest BCUT2D eigenvalue weighted by molar-refractivity contribution is -0.00883. The van der Waals surface area contributed by atoms with Gasteiger partial charge in [0.05, 0.1) is 25.9 Å². The van der Waals surface area contributed by atoms with Gasteiger partial charge in [0, 0.05) is 36.1 Å². The quantitative estimate of drug-likeness (QED) is 0.760. The number of pyridine rings is 1. The third kappa shape index (κ3) is 4.09. The summed E-state index contributed by atoms with van der Waals surface area (Å²) < 4.78 is 12.6. The van der Waals surface area contributed by atoms with Crippen molar-refractivity contribution in [2.45, 2.75) is 45.4 Å². The van der Waals surface area contributed by atoms with Gasteiger partial charge in [0.1, 0.15) is 16.5 Å². The van der Waals surface area contributed by atoms with E-state index in [2.05, 4.69) is 10.1 Å². The molecule has 0 N–H and O–H groups in total. The zero-order valence-corrected chi connectivity index (χ0v) is 16.2. The SMILES string of the molecule is COc1cc(Cl)ncc1-c1cnn(CC2CCN2C(=O)OC(C)(C)C)c1. The Morgan fingerprint density at radius 3 is 2.77 bits per heavy atom. The summed E-state index contributed by atoms with van der Waals surface area (Å²) in [6, 6.07) is 1.76. The van der Waals surface area contributed by atoms with Crippen LogP contribution < -0.4 is 4.74 Å².